The molecule has 2 N–H and O–H groups in total. The van der Waals surface area contributed by atoms with E-state index in [1.54, 1.807) is 0 Å². The van der Waals surface area contributed by atoms with E-state index in [1.165, 1.54) is 0 Å². The van der Waals surface area contributed by atoms with Gasteiger partial charge in [0.1, 0.15) is 11.6 Å². The predicted molar refractivity (Wildman–Crippen MR) is 51.9 cm³/mol. The Kier molecular flexibility index (Phi) is 3.97. The second-order valence-electron chi connectivity index (χ2n) is 2.89. The number of halogens is 2. The van der Waals surface area contributed by atoms with Crippen LogP contribution in [0.3, 0.4) is 0 Å². The highest BCUT2D eigenvalue weighted by Crippen LogP contribution is 2.14. The van der Waals surface area contributed by atoms with Crippen LogP contribution in [0.2, 0.25) is 0 Å². The fourth-order valence-corrected chi connectivity index (χ4v) is 1.02. The molecule has 0 atom stereocenters. The third-order valence-corrected chi connectivity index (χ3v) is 1.75. The molecule has 1 aromatic carbocycles. The molecule has 0 aliphatic carbocycles. The number of rotatable bonds is 2. The van der Waals surface area contributed by atoms with Crippen LogP contribution in [-0.2, 0) is 0 Å². The molecule has 0 radical (unpaired) electrons. The van der Waals surface area contributed by atoms with E-state index in [0.29, 0.717) is 6.07 Å². The van der Waals surface area contributed by atoms with Crippen molar-refractivity contribution in [2.24, 2.45) is 0 Å². The molecule has 0 aliphatic heterocycles. The van der Waals surface area contributed by atoms with Crippen LogP contribution in [-0.4, -0.2) is 22.8 Å². The summed E-state index contributed by atoms with van der Waals surface area (Å²) in [5.41, 5.74) is -0.957. The lowest BCUT2D eigenvalue weighted by Gasteiger charge is -1.99. The van der Waals surface area contributed by atoms with Gasteiger partial charge in [0.15, 0.2) is 0 Å². The van der Waals surface area contributed by atoms with Gasteiger partial charge in [-0.05, 0) is 12.1 Å². The second kappa shape index (κ2) is 5.24. The Labute approximate surface area is 90.3 Å². The van der Waals surface area contributed by atoms with Gasteiger partial charge >= 0.3 is 5.97 Å². The van der Waals surface area contributed by atoms with Crippen molar-refractivity contribution in [1.82, 2.24) is 0 Å². The maximum absolute atomic E-state index is 13.2. The molecule has 0 saturated carbocycles. The van der Waals surface area contributed by atoms with Crippen molar-refractivity contribution >= 4 is 5.97 Å². The predicted octanol–water partition coefficient (Wildman–Crippen LogP) is 1.40. The Morgan fingerprint density at radius 1 is 1.31 bits per heavy atom. The highest BCUT2D eigenvalue weighted by molar-refractivity contribution is 5.88. The topological polar surface area (TPSA) is 57.5 Å². The van der Waals surface area contributed by atoms with Crippen LogP contribution in [0.25, 0.3) is 0 Å². The largest absolute Gasteiger partial charge is 0.478 e. The van der Waals surface area contributed by atoms with Gasteiger partial charge in [-0.15, -0.1) is 0 Å². The zero-order valence-corrected chi connectivity index (χ0v) is 8.13. The number of hydrogen-bond donors (Lipinski definition) is 2. The Bertz CT molecular complexity index is 472. The monoisotopic (exact) mass is 226 g/mol. The van der Waals surface area contributed by atoms with Crippen molar-refractivity contribution in [3.05, 3.63) is 34.9 Å². The first-order valence-corrected chi connectivity index (χ1v) is 4.38. The molecule has 3 nitrogen and oxygen atoms in total. The van der Waals surface area contributed by atoms with E-state index < -0.39 is 23.2 Å². The average molecular weight is 226 g/mol. The number of aliphatic hydroxyl groups excluding tert-OH is 1. The molecule has 0 unspecified atom stereocenters. The van der Waals surface area contributed by atoms with Crippen molar-refractivity contribution in [3.63, 3.8) is 0 Å². The third kappa shape index (κ3) is 2.78. The Balaban J connectivity index is 3.12. The zero-order valence-electron chi connectivity index (χ0n) is 8.13. The zero-order chi connectivity index (χ0) is 12.1. The lowest BCUT2D eigenvalue weighted by Crippen LogP contribution is -2.02. The van der Waals surface area contributed by atoms with Gasteiger partial charge < -0.3 is 10.2 Å². The van der Waals surface area contributed by atoms with Crippen LogP contribution in [0.15, 0.2) is 12.1 Å². The average Bonchev–Trinajstić information content (AvgIpc) is 2.22. The molecule has 0 aromatic heterocycles. The van der Waals surface area contributed by atoms with E-state index in [9.17, 15) is 13.6 Å². The Morgan fingerprint density at radius 2 is 2.00 bits per heavy atom. The van der Waals surface area contributed by atoms with Gasteiger partial charge in [0.05, 0.1) is 17.7 Å². The van der Waals surface area contributed by atoms with Crippen molar-refractivity contribution in [2.45, 2.75) is 6.42 Å². The van der Waals surface area contributed by atoms with E-state index in [0.717, 1.165) is 6.07 Å². The van der Waals surface area contributed by atoms with Crippen LogP contribution in [0.1, 0.15) is 22.3 Å². The summed E-state index contributed by atoms with van der Waals surface area (Å²) in [4.78, 5) is 10.5. The minimum Gasteiger partial charge on any atom is -0.478 e. The molecule has 0 fully saturated rings. The van der Waals surface area contributed by atoms with Gasteiger partial charge in [0.2, 0.25) is 0 Å². The molecular formula is C11H8F2O3. The van der Waals surface area contributed by atoms with E-state index in [-0.39, 0.29) is 18.6 Å². The number of carboxylic acids is 1. The minimum absolute atomic E-state index is 0.141. The molecular weight excluding hydrogens is 218 g/mol. The molecule has 5 heteroatoms. The molecule has 84 valence electrons. The summed E-state index contributed by atoms with van der Waals surface area (Å²) in [5, 5.41) is 17.0. The second-order valence-corrected chi connectivity index (χ2v) is 2.89. The maximum atomic E-state index is 13.2. The van der Waals surface area contributed by atoms with Gasteiger partial charge in [0, 0.05) is 6.42 Å². The number of benzene rings is 1. The van der Waals surface area contributed by atoms with E-state index >= 15 is 0 Å². The maximum Gasteiger partial charge on any atom is 0.338 e. The molecule has 0 heterocycles. The lowest BCUT2D eigenvalue weighted by atomic mass is 10.1. The van der Waals surface area contributed by atoms with E-state index in [1.807, 2.05) is 0 Å². The van der Waals surface area contributed by atoms with Crippen LogP contribution >= 0.6 is 0 Å². The fourth-order valence-electron chi connectivity index (χ4n) is 1.02. The van der Waals surface area contributed by atoms with Gasteiger partial charge in [-0.2, -0.15) is 0 Å². The molecule has 0 spiro atoms. The van der Waals surface area contributed by atoms with Crippen LogP contribution in [0.4, 0.5) is 8.78 Å². The molecule has 1 aromatic rings. The highest BCUT2D eigenvalue weighted by atomic mass is 19.1. The number of aromatic carboxylic acids is 1. The van der Waals surface area contributed by atoms with Gasteiger partial charge in [-0.25, -0.2) is 13.6 Å². The first-order chi connectivity index (χ1) is 7.56. The minimum atomic E-state index is -1.54. The van der Waals surface area contributed by atoms with Crippen LogP contribution < -0.4 is 0 Å². The number of aliphatic hydroxyl groups is 1. The molecule has 1 rings (SSSR count). The first-order valence-electron chi connectivity index (χ1n) is 4.38. The van der Waals surface area contributed by atoms with E-state index in [2.05, 4.69) is 11.8 Å². The number of hydrogen-bond acceptors (Lipinski definition) is 2. The SMILES string of the molecule is O=C(O)c1cc(F)c(C#CCCO)cc1F. The Morgan fingerprint density at radius 3 is 2.56 bits per heavy atom. The van der Waals surface area contributed by atoms with Crippen molar-refractivity contribution in [3.8, 4) is 11.8 Å². The summed E-state index contributed by atoms with van der Waals surface area (Å²) >= 11 is 0. The number of carbonyl (C=O) groups is 1. The van der Waals surface area contributed by atoms with Crippen LogP contribution in [0.5, 0.6) is 0 Å². The summed E-state index contributed by atoms with van der Waals surface area (Å²) in [6, 6.07) is 1.31. The molecule has 16 heavy (non-hydrogen) atoms. The molecule has 0 saturated heterocycles. The summed E-state index contributed by atoms with van der Waals surface area (Å²) in [7, 11) is 0. The van der Waals surface area contributed by atoms with Gasteiger partial charge in [-0.3, -0.25) is 0 Å². The summed E-state index contributed by atoms with van der Waals surface area (Å²) in [5.74, 6) is 1.24. The summed E-state index contributed by atoms with van der Waals surface area (Å²) < 4.78 is 26.3. The summed E-state index contributed by atoms with van der Waals surface area (Å²) in [6.45, 7) is -0.176. The Hall–Kier alpha value is -1.93. The van der Waals surface area contributed by atoms with E-state index in [4.69, 9.17) is 10.2 Å². The molecule has 0 aliphatic rings. The quantitative estimate of drug-likeness (QED) is 0.749. The molecule has 0 bridgehead atoms. The first kappa shape index (κ1) is 12.1. The van der Waals surface area contributed by atoms with Crippen LogP contribution in [0, 0.1) is 23.5 Å². The van der Waals surface area contributed by atoms with Gasteiger partial charge in [-0.1, -0.05) is 11.8 Å². The highest BCUT2D eigenvalue weighted by Gasteiger charge is 2.13. The van der Waals surface area contributed by atoms with Crippen molar-refractivity contribution in [1.29, 1.82) is 0 Å². The standard InChI is InChI=1S/C11H8F2O3/c12-9-6-8(11(15)16)10(13)5-7(9)3-1-2-4-14/h5-6,14H,2,4H2,(H,15,16). The van der Waals surface area contributed by atoms with Crippen molar-refractivity contribution in [2.75, 3.05) is 6.61 Å². The third-order valence-electron chi connectivity index (χ3n) is 1.75. The number of carboxylic acid groups (broad SMARTS) is 1. The smallest absolute Gasteiger partial charge is 0.338 e. The molecule has 0 amide bonds. The fraction of sp³-hybridized carbons (Fsp3) is 0.182. The lowest BCUT2D eigenvalue weighted by molar-refractivity contribution is 0.0691. The van der Waals surface area contributed by atoms with Crippen molar-refractivity contribution < 1.29 is 23.8 Å². The normalized spacial score (nSPS) is 9.44. The summed E-state index contributed by atoms with van der Waals surface area (Å²) in [6.07, 6.45) is 0.141. The van der Waals surface area contributed by atoms with Gasteiger partial charge in [0.25, 0.3) is 0 Å².